The summed E-state index contributed by atoms with van der Waals surface area (Å²) in [5, 5.41) is 10.5. The summed E-state index contributed by atoms with van der Waals surface area (Å²) in [6, 6.07) is 8.91. The zero-order chi connectivity index (χ0) is 19.9. The van der Waals surface area contributed by atoms with E-state index in [9.17, 15) is 8.42 Å². The number of nitrogens with one attached hydrogen (secondary N) is 2. The molecule has 0 unspecified atom stereocenters. The van der Waals surface area contributed by atoms with E-state index in [1.165, 1.54) is 0 Å². The normalized spacial score (nSPS) is 17.1. The van der Waals surface area contributed by atoms with Gasteiger partial charge in [0.2, 0.25) is 0 Å². The summed E-state index contributed by atoms with van der Waals surface area (Å²) in [5.41, 5.74) is 2.65. The van der Waals surface area contributed by atoms with Gasteiger partial charge in [0.1, 0.15) is 12.2 Å². The number of amidine groups is 1. The first-order valence-corrected chi connectivity index (χ1v) is 10.7. The molecular formula is C19H22N6O2S+. The molecule has 4 rings (SSSR count). The molecule has 2 aromatic rings. The van der Waals surface area contributed by atoms with E-state index in [1.54, 1.807) is 25.1 Å². The minimum atomic E-state index is -3.27. The average Bonchev–Trinajstić information content (AvgIpc) is 3.26. The van der Waals surface area contributed by atoms with Crippen LogP contribution in [0.3, 0.4) is 0 Å². The lowest BCUT2D eigenvalue weighted by molar-refractivity contribution is 0.597. The van der Waals surface area contributed by atoms with Gasteiger partial charge in [-0.05, 0) is 36.9 Å². The predicted octanol–water partition coefficient (Wildman–Crippen LogP) is 2.66. The van der Waals surface area contributed by atoms with Gasteiger partial charge >= 0.3 is 0 Å². The topological polar surface area (TPSA) is 96.4 Å². The minimum absolute atomic E-state index is 0.0706. The number of rotatable bonds is 5. The standard InChI is InChI=1S/C19H22N6O2S/c1-4-28(26,27)16-7-5-6-15(9-16)24-11-18-20-14(3)10-25(18)19(12-24)21-17-8-13(2)22-23-17/h5-10,12H,4,11H2,1-3H3,(H2,21,22,23)/q+1. The second-order valence-electron chi connectivity index (χ2n) is 6.77. The van der Waals surface area contributed by atoms with E-state index >= 15 is 0 Å². The van der Waals surface area contributed by atoms with Gasteiger partial charge in [0.05, 0.1) is 16.8 Å². The second kappa shape index (κ2) is 6.92. The van der Waals surface area contributed by atoms with Gasteiger partial charge in [-0.2, -0.15) is 10.1 Å². The molecule has 145 valence electrons. The maximum Gasteiger partial charge on any atom is 0.284 e. The van der Waals surface area contributed by atoms with Crippen LogP contribution in [0.1, 0.15) is 19.5 Å². The van der Waals surface area contributed by atoms with Crippen LogP contribution in [0.25, 0.3) is 0 Å². The van der Waals surface area contributed by atoms with Crippen LogP contribution in [0.4, 0.5) is 11.5 Å². The number of anilines is 2. The van der Waals surface area contributed by atoms with E-state index in [0.717, 1.165) is 28.7 Å². The molecule has 0 atom stereocenters. The molecule has 0 amide bonds. The van der Waals surface area contributed by atoms with Crippen molar-refractivity contribution in [3.63, 3.8) is 0 Å². The lowest BCUT2D eigenvalue weighted by Crippen LogP contribution is -2.45. The number of aryl methyl sites for hydroxylation is 1. The van der Waals surface area contributed by atoms with Crippen molar-refractivity contribution < 1.29 is 8.42 Å². The molecule has 2 aliphatic heterocycles. The average molecular weight is 398 g/mol. The Hall–Kier alpha value is -2.91. The molecule has 3 heterocycles. The number of hydrogen-bond acceptors (Lipinski definition) is 7. The van der Waals surface area contributed by atoms with Gasteiger partial charge in [-0.15, -0.1) is 0 Å². The van der Waals surface area contributed by atoms with E-state index in [2.05, 4.69) is 20.5 Å². The van der Waals surface area contributed by atoms with Gasteiger partial charge in [-0.3, -0.25) is 10.4 Å². The molecule has 0 bridgehead atoms. The maximum atomic E-state index is 12.3. The molecule has 28 heavy (non-hydrogen) atoms. The van der Waals surface area contributed by atoms with Crippen LogP contribution < -0.4 is 15.1 Å². The molecule has 9 heteroatoms. The monoisotopic (exact) mass is 398 g/mol. The number of nitrogens with zero attached hydrogens (tertiary/aromatic N) is 4. The number of benzene rings is 1. The summed E-state index contributed by atoms with van der Waals surface area (Å²) in [7, 11) is -3.27. The van der Waals surface area contributed by atoms with E-state index in [-0.39, 0.29) is 5.75 Å². The number of aromatic nitrogens is 2. The highest BCUT2D eigenvalue weighted by atomic mass is 32.2. The Bertz CT molecular complexity index is 1110. The summed E-state index contributed by atoms with van der Waals surface area (Å²) in [6.07, 6.45) is 3.90. The van der Waals surface area contributed by atoms with E-state index < -0.39 is 9.84 Å². The molecule has 8 nitrogen and oxygen atoms in total. The molecule has 0 saturated carbocycles. The Morgan fingerprint density at radius 3 is 2.82 bits per heavy atom. The minimum Gasteiger partial charge on any atom is -0.329 e. The van der Waals surface area contributed by atoms with Crippen molar-refractivity contribution in [1.82, 2.24) is 15.1 Å². The Kier molecular flexibility index (Phi) is 4.56. The number of aromatic amines is 1. The van der Waals surface area contributed by atoms with E-state index in [0.29, 0.717) is 17.3 Å². The molecule has 0 saturated heterocycles. The number of fused-ring (bicyclic) bond motifs is 1. The number of H-pyrrole nitrogens is 1. The molecule has 1 aromatic heterocycles. The summed E-state index contributed by atoms with van der Waals surface area (Å²) < 4.78 is 24.5. The van der Waals surface area contributed by atoms with Gasteiger partial charge in [-0.1, -0.05) is 13.0 Å². The van der Waals surface area contributed by atoms with Crippen LogP contribution in [0.15, 0.2) is 64.1 Å². The quantitative estimate of drug-likeness (QED) is 0.755. The van der Waals surface area contributed by atoms with Gasteiger partial charge in [0.25, 0.3) is 11.7 Å². The molecule has 0 aliphatic carbocycles. The van der Waals surface area contributed by atoms with Crippen molar-refractivity contribution in [2.45, 2.75) is 25.7 Å². The van der Waals surface area contributed by atoms with Crippen LogP contribution >= 0.6 is 0 Å². The Morgan fingerprint density at radius 2 is 2.11 bits per heavy atom. The van der Waals surface area contributed by atoms with Gasteiger partial charge in [0, 0.05) is 17.4 Å². The second-order valence-corrected chi connectivity index (χ2v) is 9.05. The van der Waals surface area contributed by atoms with Gasteiger partial charge in [0.15, 0.2) is 21.9 Å². The molecule has 0 fully saturated rings. The third kappa shape index (κ3) is 3.46. The first kappa shape index (κ1) is 18.5. The Balaban J connectivity index is 1.72. The van der Waals surface area contributed by atoms with Crippen molar-refractivity contribution >= 4 is 27.2 Å². The number of sulfone groups is 1. The summed E-state index contributed by atoms with van der Waals surface area (Å²) in [4.78, 5) is 8.90. The van der Waals surface area contributed by atoms with E-state index in [1.807, 2.05) is 48.2 Å². The van der Waals surface area contributed by atoms with Gasteiger partial charge < -0.3 is 4.90 Å². The van der Waals surface area contributed by atoms with Crippen LogP contribution in [0, 0.1) is 6.92 Å². The van der Waals surface area contributed by atoms with Crippen LogP contribution in [-0.2, 0) is 9.84 Å². The smallest absolute Gasteiger partial charge is 0.284 e. The fourth-order valence-electron chi connectivity index (χ4n) is 3.17. The molecular weight excluding hydrogens is 376 g/mol. The van der Waals surface area contributed by atoms with Crippen molar-refractivity contribution in [3.8, 4) is 0 Å². The molecule has 2 N–H and O–H groups in total. The third-order valence-electron chi connectivity index (χ3n) is 4.60. The molecule has 0 spiro atoms. The van der Waals surface area contributed by atoms with Crippen molar-refractivity contribution in [2.24, 2.45) is 4.99 Å². The number of allylic oxidation sites excluding steroid dienone is 1. The van der Waals surface area contributed by atoms with E-state index in [4.69, 9.17) is 0 Å². The Morgan fingerprint density at radius 1 is 1.29 bits per heavy atom. The van der Waals surface area contributed by atoms with Crippen LogP contribution in [0.5, 0.6) is 0 Å². The SMILES string of the molecule is CCS(=O)(=O)c1cccc(N2C=C(Nc3cc(C)[nH]n3)[N+]3C=C(C)N=C3C2)c1. The zero-order valence-corrected chi connectivity index (χ0v) is 16.8. The first-order chi connectivity index (χ1) is 13.4. The number of aliphatic imine (C=N–C) groups is 1. The molecule has 1 aromatic carbocycles. The summed E-state index contributed by atoms with van der Waals surface area (Å²) >= 11 is 0. The largest absolute Gasteiger partial charge is 0.329 e. The molecule has 1 radical (unpaired) electrons. The van der Waals surface area contributed by atoms with Crippen molar-refractivity contribution in [1.29, 1.82) is 0 Å². The van der Waals surface area contributed by atoms with Crippen molar-refractivity contribution in [2.75, 3.05) is 22.5 Å². The van der Waals surface area contributed by atoms with Crippen molar-refractivity contribution in [3.05, 3.63) is 59.9 Å². The highest BCUT2D eigenvalue weighted by Gasteiger charge is 2.39. The highest BCUT2D eigenvalue weighted by molar-refractivity contribution is 7.91. The first-order valence-electron chi connectivity index (χ1n) is 9.01. The predicted molar refractivity (Wildman–Crippen MR) is 110 cm³/mol. The van der Waals surface area contributed by atoms with Gasteiger partial charge in [-0.25, -0.2) is 8.42 Å². The Labute approximate surface area is 164 Å². The third-order valence-corrected chi connectivity index (χ3v) is 6.33. The summed E-state index contributed by atoms with van der Waals surface area (Å²) in [5.74, 6) is 2.42. The highest BCUT2D eigenvalue weighted by Crippen LogP contribution is 2.27. The van der Waals surface area contributed by atoms with Crippen LogP contribution in [-0.4, -0.2) is 36.7 Å². The molecule has 2 aliphatic rings. The van der Waals surface area contributed by atoms with Crippen LogP contribution in [0.2, 0.25) is 0 Å². The fraction of sp³-hybridized carbons (Fsp3) is 0.263. The fourth-order valence-corrected chi connectivity index (χ4v) is 4.09. The number of hydrogen-bond donors (Lipinski definition) is 2. The lowest BCUT2D eigenvalue weighted by atomic mass is 10.2. The maximum absolute atomic E-state index is 12.3. The zero-order valence-electron chi connectivity index (χ0n) is 16.0. The summed E-state index contributed by atoms with van der Waals surface area (Å²) in [6.45, 7) is 6.07. The lowest BCUT2D eigenvalue weighted by Gasteiger charge is -2.25.